The number of benzene rings is 2. The third-order valence-corrected chi connectivity index (χ3v) is 2.13. The number of fused-ring (bicyclic) bond motifs is 1. The summed E-state index contributed by atoms with van der Waals surface area (Å²) in [4.78, 5) is 0. The van der Waals surface area contributed by atoms with Crippen LogP contribution in [0.2, 0.25) is 0 Å². The molecule has 2 rings (SSSR count). The molecule has 0 heterocycles. The molecule has 0 radical (unpaired) electrons. The smallest absolute Gasteiger partial charge is 0.130 e. The average Bonchev–Trinajstić information content (AvgIpc) is 2.17. The van der Waals surface area contributed by atoms with Crippen molar-refractivity contribution in [2.45, 2.75) is 0 Å². The summed E-state index contributed by atoms with van der Waals surface area (Å²) in [5.74, 6) is 0.901. The first-order valence-corrected chi connectivity index (χ1v) is 4.23. The lowest BCUT2D eigenvalue weighted by atomic mass is 10.1. The highest BCUT2D eigenvalue weighted by molar-refractivity contribution is 7.10. The van der Waals surface area contributed by atoms with Gasteiger partial charge >= 0.3 is 0 Å². The highest BCUT2D eigenvalue weighted by Gasteiger charge is 1.97. The first kappa shape index (κ1) is 7.57. The van der Waals surface area contributed by atoms with E-state index >= 15 is 0 Å². The van der Waals surface area contributed by atoms with Crippen LogP contribution in [0.5, 0.6) is 5.75 Å². The molecule has 0 aliphatic carbocycles. The van der Waals surface area contributed by atoms with Crippen molar-refractivity contribution in [3.05, 3.63) is 42.5 Å². The van der Waals surface area contributed by atoms with Crippen molar-refractivity contribution >= 4 is 20.2 Å². The Morgan fingerprint density at radius 1 is 1.00 bits per heavy atom. The zero-order chi connectivity index (χ0) is 8.39. The van der Waals surface area contributed by atoms with Gasteiger partial charge in [-0.1, -0.05) is 36.4 Å². The lowest BCUT2D eigenvalue weighted by Crippen LogP contribution is -1.76. The predicted molar refractivity (Wildman–Crippen MR) is 58.5 cm³/mol. The van der Waals surface area contributed by atoms with Crippen LogP contribution < -0.4 is 4.52 Å². The summed E-state index contributed by atoms with van der Waals surface area (Å²) in [6.45, 7) is 0. The van der Waals surface area contributed by atoms with Gasteiger partial charge < -0.3 is 4.52 Å². The summed E-state index contributed by atoms with van der Waals surface area (Å²) in [6.07, 6.45) is 0. The maximum atomic E-state index is 5.14. The van der Waals surface area contributed by atoms with Gasteiger partial charge in [0.05, 0.1) is 9.47 Å². The molecule has 0 spiro atoms. The molecular formula is C10H13OP. The Bertz CT molecular complexity index is 401. The molecule has 1 unspecified atom stereocenters. The van der Waals surface area contributed by atoms with Crippen LogP contribution in [0.1, 0.15) is 2.85 Å². The van der Waals surface area contributed by atoms with Gasteiger partial charge in [0.25, 0.3) is 0 Å². The minimum Gasteiger partial charge on any atom is -0.480 e. The quantitative estimate of drug-likeness (QED) is 0.610. The van der Waals surface area contributed by atoms with Crippen molar-refractivity contribution in [2.24, 2.45) is 0 Å². The van der Waals surface area contributed by atoms with Crippen molar-refractivity contribution < 1.29 is 7.38 Å². The SMILES string of the molecule is POc1cccc2ccccc12.[HH].[HH]. The zero-order valence-electron chi connectivity index (χ0n) is 6.53. The van der Waals surface area contributed by atoms with Crippen molar-refractivity contribution in [1.29, 1.82) is 0 Å². The molecule has 0 aliphatic heterocycles. The third kappa shape index (κ3) is 1.17. The molecule has 0 saturated heterocycles. The first-order valence-electron chi connectivity index (χ1n) is 3.76. The number of rotatable bonds is 1. The lowest BCUT2D eigenvalue weighted by Gasteiger charge is -2.03. The molecule has 0 saturated carbocycles. The second-order valence-electron chi connectivity index (χ2n) is 2.60. The van der Waals surface area contributed by atoms with E-state index in [-0.39, 0.29) is 2.85 Å². The van der Waals surface area contributed by atoms with Gasteiger partial charge in [-0.2, -0.15) is 0 Å². The molecule has 0 aromatic heterocycles. The number of hydrogen-bond donors (Lipinski definition) is 0. The standard InChI is InChI=1S/C10H9OP.2H2/c12-11-10-7-3-5-8-4-1-2-6-9(8)10;;/h1-7H,12H2;2*1H. The molecule has 2 aromatic rings. The van der Waals surface area contributed by atoms with Crippen LogP contribution in [0.25, 0.3) is 10.8 Å². The van der Waals surface area contributed by atoms with Gasteiger partial charge in [0, 0.05) is 8.24 Å². The highest BCUT2D eigenvalue weighted by atomic mass is 31.0. The molecule has 64 valence electrons. The van der Waals surface area contributed by atoms with Gasteiger partial charge in [0.2, 0.25) is 0 Å². The molecule has 0 amide bonds. The molecule has 1 nitrogen and oxygen atoms in total. The van der Waals surface area contributed by atoms with Crippen LogP contribution in [0.15, 0.2) is 42.5 Å². The van der Waals surface area contributed by atoms with E-state index in [2.05, 4.69) is 27.7 Å². The number of hydrogen-bond acceptors (Lipinski definition) is 1. The van der Waals surface area contributed by atoms with Crippen molar-refractivity contribution in [3.63, 3.8) is 0 Å². The van der Waals surface area contributed by atoms with Gasteiger partial charge in [0.1, 0.15) is 5.75 Å². The van der Waals surface area contributed by atoms with Crippen LogP contribution in [-0.4, -0.2) is 0 Å². The van der Waals surface area contributed by atoms with Crippen molar-refractivity contribution in [2.75, 3.05) is 0 Å². The fraction of sp³-hybridized carbons (Fsp3) is 0. The van der Waals surface area contributed by atoms with Gasteiger partial charge in [-0.3, -0.25) is 0 Å². The van der Waals surface area contributed by atoms with E-state index in [9.17, 15) is 0 Å². The summed E-state index contributed by atoms with van der Waals surface area (Å²) < 4.78 is 5.14. The van der Waals surface area contributed by atoms with E-state index in [0.717, 1.165) is 11.1 Å². The molecule has 2 heteroatoms. The molecule has 1 atom stereocenters. The summed E-state index contributed by atoms with van der Waals surface area (Å²) in [6, 6.07) is 14.2. The van der Waals surface area contributed by atoms with E-state index in [1.165, 1.54) is 5.39 Å². The van der Waals surface area contributed by atoms with Crippen molar-refractivity contribution in [1.82, 2.24) is 0 Å². The molecule has 0 fully saturated rings. The van der Waals surface area contributed by atoms with Crippen molar-refractivity contribution in [3.8, 4) is 5.75 Å². The summed E-state index contributed by atoms with van der Waals surface area (Å²) in [5, 5.41) is 2.35. The van der Waals surface area contributed by atoms with Gasteiger partial charge in [-0.15, -0.1) is 0 Å². The second-order valence-corrected chi connectivity index (χ2v) is 2.83. The topological polar surface area (TPSA) is 9.23 Å². The largest absolute Gasteiger partial charge is 0.480 e. The Morgan fingerprint density at radius 2 is 1.75 bits per heavy atom. The Balaban J connectivity index is 0.000000845. The van der Waals surface area contributed by atoms with Gasteiger partial charge in [-0.25, -0.2) is 0 Å². The summed E-state index contributed by atoms with van der Waals surface area (Å²) >= 11 is 0. The van der Waals surface area contributed by atoms with E-state index in [0.29, 0.717) is 0 Å². The Kier molecular flexibility index (Phi) is 1.97. The summed E-state index contributed by atoms with van der Waals surface area (Å²) in [7, 11) is 2.27. The normalized spacial score (nSPS) is 10.1. The predicted octanol–water partition coefficient (Wildman–Crippen LogP) is 3.50. The minimum absolute atomic E-state index is 0. The van der Waals surface area contributed by atoms with Crippen LogP contribution in [0.3, 0.4) is 0 Å². The lowest BCUT2D eigenvalue weighted by molar-refractivity contribution is 0.654. The van der Waals surface area contributed by atoms with E-state index in [1.807, 2.05) is 24.3 Å². The third-order valence-electron chi connectivity index (χ3n) is 1.88. The zero-order valence-corrected chi connectivity index (χ0v) is 7.68. The van der Waals surface area contributed by atoms with E-state index in [1.54, 1.807) is 0 Å². The van der Waals surface area contributed by atoms with Crippen LogP contribution >= 0.6 is 9.47 Å². The van der Waals surface area contributed by atoms with Gasteiger partial charge in [-0.05, 0) is 11.5 Å². The van der Waals surface area contributed by atoms with Crippen LogP contribution in [0.4, 0.5) is 0 Å². The van der Waals surface area contributed by atoms with Crippen LogP contribution in [-0.2, 0) is 0 Å². The average molecular weight is 180 g/mol. The Hall–Kier alpha value is -1.07. The second kappa shape index (κ2) is 3.12. The molecule has 2 aromatic carbocycles. The minimum atomic E-state index is 0. The monoisotopic (exact) mass is 180 g/mol. The van der Waals surface area contributed by atoms with Gasteiger partial charge in [0.15, 0.2) is 0 Å². The fourth-order valence-corrected chi connectivity index (χ4v) is 1.50. The fourth-order valence-electron chi connectivity index (χ4n) is 1.30. The summed E-state index contributed by atoms with van der Waals surface area (Å²) in [5.41, 5.74) is 0. The van der Waals surface area contributed by atoms with E-state index in [4.69, 9.17) is 4.52 Å². The molecule has 0 N–H and O–H groups in total. The highest BCUT2D eigenvalue weighted by Crippen LogP contribution is 2.25. The maximum Gasteiger partial charge on any atom is 0.130 e. The first-order chi connectivity index (χ1) is 5.92. The van der Waals surface area contributed by atoms with E-state index < -0.39 is 0 Å². The Labute approximate surface area is 76.6 Å². The molecule has 12 heavy (non-hydrogen) atoms. The Morgan fingerprint density at radius 3 is 2.58 bits per heavy atom. The maximum absolute atomic E-state index is 5.14. The van der Waals surface area contributed by atoms with Crippen LogP contribution in [0, 0.1) is 0 Å². The molecular weight excluding hydrogens is 167 g/mol. The molecule has 0 aliphatic rings. The molecule has 0 bridgehead atoms.